The number of benzene rings is 1. The minimum Gasteiger partial charge on any atom is -0.288 e. The highest BCUT2D eigenvalue weighted by Gasteiger charge is 2.16. The van der Waals surface area contributed by atoms with Gasteiger partial charge in [0.15, 0.2) is 17.4 Å². The molecule has 0 unspecified atom stereocenters. The second-order valence-corrected chi connectivity index (χ2v) is 3.68. The van der Waals surface area contributed by atoms with Gasteiger partial charge in [0.1, 0.15) is 5.15 Å². The molecule has 17 heavy (non-hydrogen) atoms. The van der Waals surface area contributed by atoms with Crippen molar-refractivity contribution < 1.29 is 13.6 Å². The molecular weight excluding hydrogens is 248 g/mol. The van der Waals surface area contributed by atoms with Crippen LogP contribution < -0.4 is 0 Å². The van der Waals surface area contributed by atoms with E-state index in [1.54, 1.807) is 0 Å². The lowest BCUT2D eigenvalue weighted by Gasteiger charge is -2.03. The van der Waals surface area contributed by atoms with Crippen LogP contribution in [0.15, 0.2) is 36.5 Å². The predicted octanol–water partition coefficient (Wildman–Crippen LogP) is 3.24. The van der Waals surface area contributed by atoms with Crippen LogP contribution in [-0.4, -0.2) is 10.8 Å². The molecule has 0 aliphatic heterocycles. The number of aromatic nitrogens is 1. The van der Waals surface area contributed by atoms with Gasteiger partial charge in [0.2, 0.25) is 0 Å². The highest BCUT2D eigenvalue weighted by Crippen LogP contribution is 2.17. The monoisotopic (exact) mass is 253 g/mol. The Hall–Kier alpha value is -1.81. The number of carbonyl (C=O) groups excluding carboxylic acids is 1. The molecule has 0 saturated heterocycles. The maximum absolute atomic E-state index is 13.4. The summed E-state index contributed by atoms with van der Waals surface area (Å²) >= 11 is 5.62. The van der Waals surface area contributed by atoms with Crippen LogP contribution in [0.2, 0.25) is 5.15 Å². The molecule has 0 atom stereocenters. The number of nitrogens with zero attached hydrogens (tertiary/aromatic N) is 1. The smallest absolute Gasteiger partial charge is 0.196 e. The van der Waals surface area contributed by atoms with Crippen LogP contribution in [0.5, 0.6) is 0 Å². The molecule has 2 nitrogen and oxygen atoms in total. The van der Waals surface area contributed by atoms with Gasteiger partial charge in [-0.2, -0.15) is 0 Å². The highest BCUT2D eigenvalue weighted by atomic mass is 35.5. The summed E-state index contributed by atoms with van der Waals surface area (Å²) in [6.07, 6.45) is 1.33. The molecule has 0 aliphatic carbocycles. The van der Waals surface area contributed by atoms with Crippen molar-refractivity contribution in [3.05, 3.63) is 64.4 Å². The number of hydrogen-bond donors (Lipinski definition) is 0. The Balaban J connectivity index is 2.48. The van der Waals surface area contributed by atoms with Crippen LogP contribution in [0.1, 0.15) is 15.9 Å². The lowest BCUT2D eigenvalue weighted by atomic mass is 10.0. The van der Waals surface area contributed by atoms with E-state index in [9.17, 15) is 13.6 Å². The van der Waals surface area contributed by atoms with E-state index in [-0.39, 0.29) is 16.3 Å². The second kappa shape index (κ2) is 4.59. The molecule has 86 valence electrons. The Labute approximate surface area is 101 Å². The normalized spacial score (nSPS) is 10.3. The Morgan fingerprint density at radius 1 is 1.24 bits per heavy atom. The zero-order valence-corrected chi connectivity index (χ0v) is 9.21. The van der Waals surface area contributed by atoms with Gasteiger partial charge in [0.25, 0.3) is 0 Å². The molecule has 1 aromatic carbocycles. The van der Waals surface area contributed by atoms with Crippen LogP contribution in [0.3, 0.4) is 0 Å². The van der Waals surface area contributed by atoms with Gasteiger partial charge >= 0.3 is 0 Å². The van der Waals surface area contributed by atoms with E-state index in [2.05, 4.69) is 4.98 Å². The second-order valence-electron chi connectivity index (χ2n) is 3.30. The first-order valence-electron chi connectivity index (χ1n) is 4.70. The maximum Gasteiger partial charge on any atom is 0.196 e. The van der Waals surface area contributed by atoms with Crippen molar-refractivity contribution in [2.24, 2.45) is 0 Å². The Morgan fingerprint density at radius 2 is 2.00 bits per heavy atom. The topological polar surface area (TPSA) is 30.0 Å². The van der Waals surface area contributed by atoms with Crippen LogP contribution in [0.4, 0.5) is 8.78 Å². The van der Waals surface area contributed by atoms with Crippen molar-refractivity contribution in [2.75, 3.05) is 0 Å². The average Bonchev–Trinajstić information content (AvgIpc) is 2.32. The maximum atomic E-state index is 13.4. The molecule has 0 spiro atoms. The first-order chi connectivity index (χ1) is 8.09. The molecule has 0 N–H and O–H groups in total. The average molecular weight is 254 g/mol. The van der Waals surface area contributed by atoms with Crippen LogP contribution >= 0.6 is 11.6 Å². The van der Waals surface area contributed by atoms with Crippen molar-refractivity contribution in [2.45, 2.75) is 0 Å². The van der Waals surface area contributed by atoms with Crippen molar-refractivity contribution in [3.63, 3.8) is 0 Å². The van der Waals surface area contributed by atoms with E-state index in [0.717, 1.165) is 6.07 Å². The minimum atomic E-state index is -1.16. The van der Waals surface area contributed by atoms with Crippen molar-refractivity contribution in [1.29, 1.82) is 0 Å². The fourth-order valence-corrected chi connectivity index (χ4v) is 1.55. The van der Waals surface area contributed by atoms with Crippen molar-refractivity contribution in [1.82, 2.24) is 4.98 Å². The van der Waals surface area contributed by atoms with E-state index in [1.165, 1.54) is 30.5 Å². The third kappa shape index (κ3) is 2.31. The molecule has 0 aliphatic rings. The van der Waals surface area contributed by atoms with Gasteiger partial charge in [-0.05, 0) is 24.3 Å². The first-order valence-corrected chi connectivity index (χ1v) is 5.07. The number of halogens is 3. The van der Waals surface area contributed by atoms with E-state index in [0.29, 0.717) is 0 Å². The van der Waals surface area contributed by atoms with Crippen molar-refractivity contribution >= 4 is 17.4 Å². The standard InChI is InChI=1S/C12H6ClF2NO/c13-10-6-7(4-5-16-10)12(17)8-2-1-3-9(14)11(8)15/h1-6H. The molecule has 0 fully saturated rings. The third-order valence-corrected chi connectivity index (χ3v) is 2.39. The molecule has 1 heterocycles. The zero-order valence-electron chi connectivity index (χ0n) is 8.45. The van der Waals surface area contributed by atoms with E-state index >= 15 is 0 Å². The summed E-state index contributed by atoms with van der Waals surface area (Å²) < 4.78 is 26.4. The molecule has 2 aromatic rings. The SMILES string of the molecule is O=C(c1ccnc(Cl)c1)c1cccc(F)c1F. The molecular formula is C12H6ClF2NO. The summed E-state index contributed by atoms with van der Waals surface area (Å²) in [6, 6.07) is 6.13. The van der Waals surface area contributed by atoms with Crippen LogP contribution in [-0.2, 0) is 0 Å². The lowest BCUT2D eigenvalue weighted by Crippen LogP contribution is -2.05. The number of hydrogen-bond acceptors (Lipinski definition) is 2. The van der Waals surface area contributed by atoms with Gasteiger partial charge in [0, 0.05) is 11.8 Å². The molecule has 0 bridgehead atoms. The first kappa shape index (κ1) is 11.7. The van der Waals surface area contributed by atoms with Gasteiger partial charge in [-0.1, -0.05) is 17.7 Å². The molecule has 0 amide bonds. The largest absolute Gasteiger partial charge is 0.288 e. The zero-order chi connectivity index (χ0) is 12.4. The summed E-state index contributed by atoms with van der Waals surface area (Å²) in [5.41, 5.74) is -0.165. The summed E-state index contributed by atoms with van der Waals surface area (Å²) in [5.74, 6) is -2.85. The van der Waals surface area contributed by atoms with E-state index in [4.69, 9.17) is 11.6 Å². The summed E-state index contributed by atoms with van der Waals surface area (Å²) in [6.45, 7) is 0. The van der Waals surface area contributed by atoms with Crippen LogP contribution in [0, 0.1) is 11.6 Å². The van der Waals surface area contributed by atoms with Crippen molar-refractivity contribution in [3.8, 4) is 0 Å². The number of rotatable bonds is 2. The third-order valence-electron chi connectivity index (χ3n) is 2.18. The van der Waals surface area contributed by atoms with Gasteiger partial charge in [-0.3, -0.25) is 4.79 Å². The fraction of sp³-hybridized carbons (Fsp3) is 0. The van der Waals surface area contributed by atoms with E-state index in [1.807, 2.05) is 0 Å². The lowest BCUT2D eigenvalue weighted by molar-refractivity contribution is 0.103. The Bertz CT molecular complexity index is 586. The van der Waals surface area contributed by atoms with Gasteiger partial charge in [-0.25, -0.2) is 13.8 Å². The van der Waals surface area contributed by atoms with Gasteiger partial charge in [0.05, 0.1) is 5.56 Å². The number of carbonyl (C=O) groups is 1. The van der Waals surface area contributed by atoms with Crippen LogP contribution in [0.25, 0.3) is 0 Å². The quantitative estimate of drug-likeness (QED) is 0.607. The summed E-state index contributed by atoms with van der Waals surface area (Å²) in [7, 11) is 0. The fourth-order valence-electron chi connectivity index (χ4n) is 1.38. The minimum absolute atomic E-state index is 0.118. The Kier molecular flexibility index (Phi) is 3.15. The number of pyridine rings is 1. The summed E-state index contributed by atoms with van der Waals surface area (Å²) in [4.78, 5) is 15.6. The van der Waals surface area contributed by atoms with E-state index < -0.39 is 17.4 Å². The number of ketones is 1. The molecule has 5 heteroatoms. The predicted molar refractivity (Wildman–Crippen MR) is 59.0 cm³/mol. The molecule has 1 aromatic heterocycles. The molecule has 0 saturated carbocycles. The summed E-state index contributed by atoms with van der Waals surface area (Å²) in [5, 5.41) is 0.118. The Morgan fingerprint density at radius 3 is 2.71 bits per heavy atom. The van der Waals surface area contributed by atoms with Gasteiger partial charge < -0.3 is 0 Å². The molecule has 2 rings (SSSR count). The van der Waals surface area contributed by atoms with Gasteiger partial charge in [-0.15, -0.1) is 0 Å². The highest BCUT2D eigenvalue weighted by molar-refractivity contribution is 6.30. The molecule has 0 radical (unpaired) electrons.